The Morgan fingerprint density at radius 1 is 0.895 bits per heavy atom. The van der Waals surface area contributed by atoms with Crippen LogP contribution in [0.2, 0.25) is 0 Å². The fraction of sp³-hybridized carbons (Fsp3) is 0.214. The molecule has 1 saturated carbocycles. The van der Waals surface area contributed by atoms with Gasteiger partial charge in [0.05, 0.1) is 23.6 Å². The standard InChI is InChI=1S/C28H26N6O3S/c35-28(34-16-14-33(15-17-34)26-19-30-24(18-31-26)20-4-1-5-20)22-9-11-23(12-10-22)32-38(36,37)25-8-2-6-21-7-3-13-29-27(21)25/h2-3,6-14,16,18-20,32H,1,4-5,15,17H2. The number of benzene rings is 2. The van der Waals surface area contributed by atoms with Crippen LogP contribution in [-0.2, 0) is 10.0 Å². The first-order chi connectivity index (χ1) is 18.5. The van der Waals surface area contributed by atoms with Gasteiger partial charge in [0.1, 0.15) is 4.90 Å². The number of anilines is 2. The van der Waals surface area contributed by atoms with E-state index in [9.17, 15) is 13.2 Å². The van der Waals surface area contributed by atoms with Crippen LogP contribution in [0, 0.1) is 0 Å². The average molecular weight is 527 g/mol. The lowest BCUT2D eigenvalue weighted by Crippen LogP contribution is -2.38. The van der Waals surface area contributed by atoms with Gasteiger partial charge in [-0.25, -0.2) is 13.4 Å². The molecule has 2 aromatic carbocycles. The SMILES string of the molecule is O=C(c1ccc(NS(=O)(=O)c2cccc3cccnc23)cc1)N1C=CN(c2cnc(C3CCC3)cn2)CC1. The highest BCUT2D eigenvalue weighted by atomic mass is 32.2. The van der Waals surface area contributed by atoms with E-state index in [0.29, 0.717) is 35.8 Å². The van der Waals surface area contributed by atoms with E-state index in [2.05, 4.69) is 19.7 Å². The number of carbonyl (C=O) groups excluding carboxylic acids is 1. The van der Waals surface area contributed by atoms with Gasteiger partial charge in [-0.2, -0.15) is 0 Å². The first-order valence-corrected chi connectivity index (χ1v) is 14.0. The van der Waals surface area contributed by atoms with E-state index in [1.54, 1.807) is 59.9 Å². The number of hydrogen-bond donors (Lipinski definition) is 1. The Bertz CT molecular complexity index is 1610. The Morgan fingerprint density at radius 3 is 2.39 bits per heavy atom. The van der Waals surface area contributed by atoms with Gasteiger partial charge in [-0.05, 0) is 49.2 Å². The van der Waals surface area contributed by atoms with Crippen LogP contribution in [0.5, 0.6) is 0 Å². The molecule has 10 heteroatoms. The Morgan fingerprint density at radius 2 is 1.71 bits per heavy atom. The lowest BCUT2D eigenvalue weighted by molar-refractivity contribution is 0.0821. The molecule has 192 valence electrons. The number of sulfonamides is 1. The molecule has 3 heterocycles. The molecule has 6 rings (SSSR count). The highest BCUT2D eigenvalue weighted by Gasteiger charge is 2.23. The molecule has 0 radical (unpaired) electrons. The van der Waals surface area contributed by atoms with Crippen LogP contribution in [0.1, 0.15) is 41.2 Å². The van der Waals surface area contributed by atoms with Gasteiger partial charge in [-0.3, -0.25) is 19.5 Å². The Hall–Kier alpha value is -4.31. The minimum Gasteiger partial charge on any atom is -0.328 e. The smallest absolute Gasteiger partial charge is 0.264 e. The molecule has 4 aromatic rings. The predicted molar refractivity (Wildman–Crippen MR) is 145 cm³/mol. The lowest BCUT2D eigenvalue weighted by atomic mass is 9.83. The fourth-order valence-corrected chi connectivity index (χ4v) is 5.87. The van der Waals surface area contributed by atoms with E-state index in [-0.39, 0.29) is 10.8 Å². The number of aromatic nitrogens is 3. The summed E-state index contributed by atoms with van der Waals surface area (Å²) < 4.78 is 28.7. The van der Waals surface area contributed by atoms with Gasteiger partial charge >= 0.3 is 0 Å². The summed E-state index contributed by atoms with van der Waals surface area (Å²) in [5.74, 6) is 1.13. The number of amides is 1. The quantitative estimate of drug-likeness (QED) is 0.393. The molecule has 0 spiro atoms. The van der Waals surface area contributed by atoms with Crippen LogP contribution >= 0.6 is 0 Å². The minimum atomic E-state index is -3.87. The van der Waals surface area contributed by atoms with Crippen molar-refractivity contribution in [3.8, 4) is 0 Å². The molecule has 1 N–H and O–H groups in total. The molecule has 2 aromatic heterocycles. The van der Waals surface area contributed by atoms with Crippen molar-refractivity contribution in [1.29, 1.82) is 0 Å². The van der Waals surface area contributed by atoms with Crippen LogP contribution in [0.15, 0.2) is 90.5 Å². The van der Waals surface area contributed by atoms with E-state index in [1.165, 1.54) is 25.3 Å². The fourth-order valence-electron chi connectivity index (χ4n) is 4.63. The predicted octanol–water partition coefficient (Wildman–Crippen LogP) is 4.53. The van der Waals surface area contributed by atoms with Crippen LogP contribution in [0.3, 0.4) is 0 Å². The number of rotatable bonds is 6. The zero-order valence-corrected chi connectivity index (χ0v) is 21.4. The zero-order chi connectivity index (χ0) is 26.1. The Labute approximate surface area is 220 Å². The molecule has 0 atom stereocenters. The van der Waals surface area contributed by atoms with Gasteiger partial charge in [-0.15, -0.1) is 0 Å². The van der Waals surface area contributed by atoms with Gasteiger partial charge in [-0.1, -0.05) is 24.6 Å². The van der Waals surface area contributed by atoms with Gasteiger partial charge in [0.15, 0.2) is 5.82 Å². The highest BCUT2D eigenvalue weighted by Crippen LogP contribution is 2.35. The second-order valence-corrected chi connectivity index (χ2v) is 11.1. The molecule has 38 heavy (non-hydrogen) atoms. The number of pyridine rings is 1. The average Bonchev–Trinajstić information content (AvgIpc) is 2.92. The molecule has 1 aliphatic heterocycles. The zero-order valence-electron chi connectivity index (χ0n) is 20.6. The number of nitrogens with one attached hydrogen (secondary N) is 1. The van der Waals surface area contributed by atoms with E-state index >= 15 is 0 Å². The summed E-state index contributed by atoms with van der Waals surface area (Å²) in [4.78, 5) is 30.1. The van der Waals surface area contributed by atoms with Crippen molar-refractivity contribution in [2.75, 3.05) is 22.7 Å². The maximum atomic E-state index is 13.0. The van der Waals surface area contributed by atoms with Crippen LogP contribution in [0.4, 0.5) is 11.5 Å². The van der Waals surface area contributed by atoms with Crippen molar-refractivity contribution < 1.29 is 13.2 Å². The maximum Gasteiger partial charge on any atom is 0.264 e. The van der Waals surface area contributed by atoms with Crippen molar-refractivity contribution in [3.63, 3.8) is 0 Å². The van der Waals surface area contributed by atoms with E-state index in [0.717, 1.165) is 16.9 Å². The van der Waals surface area contributed by atoms with Crippen LogP contribution < -0.4 is 9.62 Å². The summed E-state index contributed by atoms with van der Waals surface area (Å²) in [6, 6.07) is 15.0. The molecule has 2 aliphatic rings. The molecule has 1 amide bonds. The Kier molecular flexibility index (Phi) is 6.24. The van der Waals surface area contributed by atoms with Crippen molar-refractivity contribution in [2.45, 2.75) is 30.1 Å². The number of carbonyl (C=O) groups is 1. The lowest BCUT2D eigenvalue weighted by Gasteiger charge is -2.30. The number of nitrogens with zero attached hydrogens (tertiary/aromatic N) is 5. The van der Waals surface area contributed by atoms with Crippen molar-refractivity contribution in [3.05, 3.63) is 96.8 Å². The van der Waals surface area contributed by atoms with Gasteiger partial charge in [0.2, 0.25) is 0 Å². The summed E-state index contributed by atoms with van der Waals surface area (Å²) in [7, 11) is -3.87. The summed E-state index contributed by atoms with van der Waals surface area (Å²) in [6.07, 6.45) is 12.4. The van der Waals surface area contributed by atoms with E-state index in [1.807, 2.05) is 29.4 Å². The van der Waals surface area contributed by atoms with Crippen LogP contribution in [0.25, 0.3) is 10.9 Å². The summed E-state index contributed by atoms with van der Waals surface area (Å²) in [6.45, 7) is 1.08. The van der Waals surface area contributed by atoms with Crippen LogP contribution in [-0.4, -0.2) is 47.3 Å². The molecule has 0 bridgehead atoms. The number of hydrogen-bond acceptors (Lipinski definition) is 7. The third-order valence-electron chi connectivity index (χ3n) is 7.01. The van der Waals surface area contributed by atoms with Gasteiger partial charge in [0.25, 0.3) is 15.9 Å². The molecular weight excluding hydrogens is 500 g/mol. The maximum absolute atomic E-state index is 13.0. The number of para-hydroxylation sites is 1. The highest BCUT2D eigenvalue weighted by molar-refractivity contribution is 7.93. The minimum absolute atomic E-state index is 0.0983. The first-order valence-electron chi connectivity index (χ1n) is 12.5. The van der Waals surface area contributed by atoms with E-state index in [4.69, 9.17) is 0 Å². The second-order valence-electron chi connectivity index (χ2n) is 9.43. The van der Waals surface area contributed by atoms with Crippen molar-refractivity contribution in [1.82, 2.24) is 19.9 Å². The monoisotopic (exact) mass is 526 g/mol. The summed E-state index contributed by atoms with van der Waals surface area (Å²) in [5.41, 5.74) is 2.28. The van der Waals surface area contributed by atoms with Crippen molar-refractivity contribution in [2.24, 2.45) is 0 Å². The largest absolute Gasteiger partial charge is 0.328 e. The summed E-state index contributed by atoms with van der Waals surface area (Å²) in [5, 5.41) is 0.738. The topological polar surface area (TPSA) is 108 Å². The Balaban J connectivity index is 1.11. The van der Waals surface area contributed by atoms with Gasteiger partial charge < -0.3 is 9.80 Å². The van der Waals surface area contributed by atoms with E-state index < -0.39 is 10.0 Å². The summed E-state index contributed by atoms with van der Waals surface area (Å²) >= 11 is 0. The second kappa shape index (κ2) is 9.86. The molecular formula is C28H26N6O3S. The van der Waals surface area contributed by atoms with Gasteiger partial charge in [0, 0.05) is 54.2 Å². The van der Waals surface area contributed by atoms with Crippen molar-refractivity contribution >= 4 is 38.3 Å². The molecule has 9 nitrogen and oxygen atoms in total. The first kappa shape index (κ1) is 24.1. The third kappa shape index (κ3) is 4.70. The normalized spacial score (nSPS) is 15.9. The molecule has 1 fully saturated rings. The number of fused-ring (bicyclic) bond motifs is 1. The molecule has 0 unspecified atom stereocenters. The molecule has 1 aliphatic carbocycles. The molecule has 0 saturated heterocycles. The third-order valence-corrected chi connectivity index (χ3v) is 8.43.